The summed E-state index contributed by atoms with van der Waals surface area (Å²) in [7, 11) is 0. The van der Waals surface area contributed by atoms with E-state index in [0.717, 1.165) is 25.2 Å². The van der Waals surface area contributed by atoms with E-state index in [0.29, 0.717) is 0 Å². The van der Waals surface area contributed by atoms with Gasteiger partial charge in [0.05, 0.1) is 5.52 Å². The van der Waals surface area contributed by atoms with E-state index in [2.05, 4.69) is 53.3 Å². The highest BCUT2D eigenvalue weighted by Crippen LogP contribution is 2.23. The minimum atomic E-state index is 0.178. The van der Waals surface area contributed by atoms with E-state index in [1.165, 1.54) is 11.1 Å². The van der Waals surface area contributed by atoms with Crippen molar-refractivity contribution in [3.05, 3.63) is 36.5 Å². The Bertz CT molecular complexity index is 562. The minimum Gasteiger partial charge on any atom is -0.368 e. The van der Waals surface area contributed by atoms with Gasteiger partial charge < -0.3 is 10.2 Å². The lowest BCUT2D eigenvalue weighted by atomic mass is 10.0. The molecule has 2 heterocycles. The highest BCUT2D eigenvalue weighted by molar-refractivity contribution is 5.82. The number of fused-ring (bicyclic) bond motifs is 1. The van der Waals surface area contributed by atoms with Crippen LogP contribution in [-0.4, -0.2) is 30.2 Å². The Labute approximate surface area is 108 Å². The normalized spacial score (nSPS) is 19.1. The largest absolute Gasteiger partial charge is 0.368 e. The van der Waals surface area contributed by atoms with Gasteiger partial charge in [-0.05, 0) is 32.0 Å². The smallest absolute Gasteiger partial charge is 0.0722 e. The Hall–Kier alpha value is -1.61. The van der Waals surface area contributed by atoms with Crippen LogP contribution in [0.1, 0.15) is 13.8 Å². The van der Waals surface area contributed by atoms with Crippen molar-refractivity contribution in [2.75, 3.05) is 24.5 Å². The van der Waals surface area contributed by atoms with Gasteiger partial charge in [0.1, 0.15) is 0 Å². The van der Waals surface area contributed by atoms with Crippen LogP contribution in [0.15, 0.2) is 36.5 Å². The second kappa shape index (κ2) is 4.25. The Morgan fingerprint density at radius 1 is 1.28 bits per heavy atom. The molecule has 1 aromatic heterocycles. The van der Waals surface area contributed by atoms with Gasteiger partial charge in [0.25, 0.3) is 0 Å². The number of nitrogens with zero attached hydrogens (tertiary/aromatic N) is 2. The number of anilines is 1. The van der Waals surface area contributed by atoms with Crippen molar-refractivity contribution in [2.45, 2.75) is 19.4 Å². The standard InChI is InChI=1S/C15H19N3/c1-15(2)11-18(9-8-17-15)13-6-5-12-4-3-7-16-14(12)10-13/h3-7,10,17H,8-9,11H2,1-2H3. The molecule has 0 spiro atoms. The fourth-order valence-electron chi connectivity index (χ4n) is 2.61. The first-order valence-corrected chi connectivity index (χ1v) is 6.49. The molecule has 18 heavy (non-hydrogen) atoms. The number of benzene rings is 1. The van der Waals surface area contributed by atoms with Crippen LogP contribution in [-0.2, 0) is 0 Å². The summed E-state index contributed by atoms with van der Waals surface area (Å²) >= 11 is 0. The summed E-state index contributed by atoms with van der Waals surface area (Å²) in [5, 5.41) is 4.74. The van der Waals surface area contributed by atoms with Gasteiger partial charge in [-0.15, -0.1) is 0 Å². The van der Waals surface area contributed by atoms with Crippen LogP contribution in [0.25, 0.3) is 10.9 Å². The van der Waals surface area contributed by atoms with Gasteiger partial charge in [-0.25, -0.2) is 0 Å². The van der Waals surface area contributed by atoms with Crippen molar-refractivity contribution in [2.24, 2.45) is 0 Å². The van der Waals surface area contributed by atoms with E-state index in [1.807, 2.05) is 12.3 Å². The monoisotopic (exact) mass is 241 g/mol. The van der Waals surface area contributed by atoms with E-state index in [1.54, 1.807) is 0 Å². The molecule has 3 nitrogen and oxygen atoms in total. The van der Waals surface area contributed by atoms with Crippen molar-refractivity contribution in [1.29, 1.82) is 0 Å². The third-order valence-electron chi connectivity index (χ3n) is 3.53. The summed E-state index contributed by atoms with van der Waals surface area (Å²) in [4.78, 5) is 6.87. The average molecular weight is 241 g/mol. The zero-order chi connectivity index (χ0) is 12.6. The van der Waals surface area contributed by atoms with Crippen molar-refractivity contribution in [3.8, 4) is 0 Å². The second-order valence-electron chi connectivity index (χ2n) is 5.61. The first-order chi connectivity index (χ1) is 8.64. The molecule has 3 heteroatoms. The highest BCUT2D eigenvalue weighted by Gasteiger charge is 2.25. The molecule has 1 saturated heterocycles. The Morgan fingerprint density at radius 2 is 2.17 bits per heavy atom. The number of rotatable bonds is 1. The average Bonchev–Trinajstić information content (AvgIpc) is 2.37. The molecule has 0 aliphatic carbocycles. The van der Waals surface area contributed by atoms with Crippen LogP contribution in [0.2, 0.25) is 0 Å². The molecule has 0 atom stereocenters. The molecule has 0 bridgehead atoms. The number of pyridine rings is 1. The van der Waals surface area contributed by atoms with Gasteiger partial charge in [0, 0.05) is 42.4 Å². The quantitative estimate of drug-likeness (QED) is 0.831. The van der Waals surface area contributed by atoms with Gasteiger partial charge in [0.2, 0.25) is 0 Å². The maximum Gasteiger partial charge on any atom is 0.0722 e. The fraction of sp³-hybridized carbons (Fsp3) is 0.400. The predicted octanol–water partition coefficient (Wildman–Crippen LogP) is 2.42. The third-order valence-corrected chi connectivity index (χ3v) is 3.53. The molecule has 1 aliphatic rings. The number of nitrogens with one attached hydrogen (secondary N) is 1. The van der Waals surface area contributed by atoms with Crippen molar-refractivity contribution in [1.82, 2.24) is 10.3 Å². The van der Waals surface area contributed by atoms with Crippen LogP contribution >= 0.6 is 0 Å². The molecule has 0 unspecified atom stereocenters. The number of hydrogen-bond acceptors (Lipinski definition) is 3. The summed E-state index contributed by atoms with van der Waals surface area (Å²) in [6.45, 7) is 7.62. The van der Waals surface area contributed by atoms with E-state index in [4.69, 9.17) is 0 Å². The molecule has 0 saturated carbocycles. The topological polar surface area (TPSA) is 28.2 Å². The molecular weight excluding hydrogens is 222 g/mol. The van der Waals surface area contributed by atoms with Gasteiger partial charge in [-0.2, -0.15) is 0 Å². The highest BCUT2D eigenvalue weighted by atomic mass is 15.2. The van der Waals surface area contributed by atoms with Crippen molar-refractivity contribution in [3.63, 3.8) is 0 Å². The molecule has 94 valence electrons. The fourth-order valence-corrected chi connectivity index (χ4v) is 2.61. The maximum atomic E-state index is 4.43. The Balaban J connectivity index is 1.94. The van der Waals surface area contributed by atoms with Crippen molar-refractivity contribution >= 4 is 16.6 Å². The van der Waals surface area contributed by atoms with E-state index in [-0.39, 0.29) is 5.54 Å². The lowest BCUT2D eigenvalue weighted by Crippen LogP contribution is -2.57. The Kier molecular flexibility index (Phi) is 2.71. The molecule has 1 N–H and O–H groups in total. The molecular formula is C15H19N3. The van der Waals surface area contributed by atoms with Crippen molar-refractivity contribution < 1.29 is 0 Å². The van der Waals surface area contributed by atoms with Gasteiger partial charge in [-0.1, -0.05) is 12.1 Å². The SMILES string of the molecule is CC1(C)CN(c2ccc3cccnc3c2)CCN1. The zero-order valence-corrected chi connectivity index (χ0v) is 11.0. The van der Waals surface area contributed by atoms with Crippen LogP contribution in [0.5, 0.6) is 0 Å². The molecule has 0 amide bonds. The maximum absolute atomic E-state index is 4.43. The second-order valence-corrected chi connectivity index (χ2v) is 5.61. The van der Waals surface area contributed by atoms with Crippen LogP contribution < -0.4 is 10.2 Å². The number of piperazine rings is 1. The summed E-state index contributed by atoms with van der Waals surface area (Å²) in [5.41, 5.74) is 2.53. The van der Waals surface area contributed by atoms with Gasteiger partial charge in [0.15, 0.2) is 0 Å². The lowest BCUT2D eigenvalue weighted by Gasteiger charge is -2.40. The van der Waals surface area contributed by atoms with Crippen LogP contribution in [0.4, 0.5) is 5.69 Å². The summed E-state index contributed by atoms with van der Waals surface area (Å²) in [6.07, 6.45) is 1.85. The first kappa shape index (κ1) is 11.5. The first-order valence-electron chi connectivity index (χ1n) is 6.49. The molecule has 1 aliphatic heterocycles. The summed E-state index contributed by atoms with van der Waals surface area (Å²) in [6, 6.07) is 10.6. The van der Waals surface area contributed by atoms with Gasteiger partial charge in [-0.3, -0.25) is 4.98 Å². The van der Waals surface area contributed by atoms with E-state index >= 15 is 0 Å². The Morgan fingerprint density at radius 3 is 3.00 bits per heavy atom. The molecule has 1 aromatic carbocycles. The molecule has 2 aromatic rings. The molecule has 3 rings (SSSR count). The summed E-state index contributed by atoms with van der Waals surface area (Å²) < 4.78 is 0. The lowest BCUT2D eigenvalue weighted by molar-refractivity contribution is 0.353. The van der Waals surface area contributed by atoms with Gasteiger partial charge >= 0.3 is 0 Å². The van der Waals surface area contributed by atoms with Crippen LogP contribution in [0.3, 0.4) is 0 Å². The number of hydrogen-bond donors (Lipinski definition) is 1. The van der Waals surface area contributed by atoms with E-state index in [9.17, 15) is 0 Å². The predicted molar refractivity (Wildman–Crippen MR) is 76.0 cm³/mol. The summed E-state index contributed by atoms with van der Waals surface area (Å²) in [5.74, 6) is 0. The van der Waals surface area contributed by atoms with Crippen LogP contribution in [0, 0.1) is 0 Å². The number of aromatic nitrogens is 1. The van der Waals surface area contributed by atoms with E-state index < -0.39 is 0 Å². The third kappa shape index (κ3) is 2.18. The molecule has 0 radical (unpaired) electrons. The molecule has 1 fully saturated rings. The minimum absolute atomic E-state index is 0.178. The zero-order valence-electron chi connectivity index (χ0n) is 11.0.